The number of pyridine rings is 2. The van der Waals surface area contributed by atoms with Crippen LogP contribution in [0.4, 0.5) is 0 Å². The summed E-state index contributed by atoms with van der Waals surface area (Å²) in [5.41, 5.74) is 0.857. The summed E-state index contributed by atoms with van der Waals surface area (Å²) in [6, 6.07) is 9.14. The number of hydrogen-bond acceptors (Lipinski definition) is 4. The number of aromatic nitrogens is 4. The maximum atomic E-state index is 12.6. The molecule has 1 aliphatic heterocycles. The Bertz CT molecular complexity index is 971. The van der Waals surface area contributed by atoms with Crippen molar-refractivity contribution in [3.05, 3.63) is 82.6 Å². The number of piperidine rings is 1. The summed E-state index contributed by atoms with van der Waals surface area (Å²) < 4.78 is 2.13. The van der Waals surface area contributed by atoms with Crippen molar-refractivity contribution in [2.24, 2.45) is 0 Å². The van der Waals surface area contributed by atoms with Crippen molar-refractivity contribution in [1.29, 1.82) is 0 Å². The van der Waals surface area contributed by atoms with Crippen molar-refractivity contribution in [3.63, 3.8) is 0 Å². The minimum atomic E-state index is -0.337. The summed E-state index contributed by atoms with van der Waals surface area (Å²) in [4.78, 5) is 37.7. The second-order valence-electron chi connectivity index (χ2n) is 6.71. The molecule has 1 N–H and O–H groups in total. The number of carbonyl (C=O) groups is 1. The fourth-order valence-electron chi connectivity index (χ4n) is 3.58. The smallest absolute Gasteiger partial charge is 0.260 e. The van der Waals surface area contributed by atoms with Crippen LogP contribution in [0.5, 0.6) is 0 Å². The van der Waals surface area contributed by atoms with Gasteiger partial charge in [-0.25, -0.2) is 4.98 Å². The summed E-state index contributed by atoms with van der Waals surface area (Å²) >= 11 is 0. The van der Waals surface area contributed by atoms with Crippen LogP contribution in [0.25, 0.3) is 0 Å². The van der Waals surface area contributed by atoms with Gasteiger partial charge in [0.15, 0.2) is 0 Å². The Morgan fingerprint density at radius 2 is 1.96 bits per heavy atom. The van der Waals surface area contributed by atoms with Crippen molar-refractivity contribution < 1.29 is 4.79 Å². The predicted octanol–water partition coefficient (Wildman–Crippen LogP) is 2.03. The topological polar surface area (TPSA) is 83.9 Å². The van der Waals surface area contributed by atoms with Crippen LogP contribution in [0.3, 0.4) is 0 Å². The van der Waals surface area contributed by atoms with Crippen molar-refractivity contribution in [1.82, 2.24) is 24.4 Å². The zero-order valence-corrected chi connectivity index (χ0v) is 14.9. The highest BCUT2D eigenvalue weighted by molar-refractivity contribution is 5.93. The van der Waals surface area contributed by atoms with Crippen LogP contribution < -0.4 is 5.56 Å². The number of rotatable bonds is 4. The van der Waals surface area contributed by atoms with E-state index in [1.807, 2.05) is 30.6 Å². The number of imidazole rings is 1. The molecule has 27 heavy (non-hydrogen) atoms. The Morgan fingerprint density at radius 1 is 1.11 bits per heavy atom. The fourth-order valence-corrected chi connectivity index (χ4v) is 3.58. The lowest BCUT2D eigenvalue weighted by atomic mass is 9.95. The summed E-state index contributed by atoms with van der Waals surface area (Å²) in [7, 11) is 0. The molecule has 1 aliphatic rings. The molecule has 138 valence electrons. The first-order valence-corrected chi connectivity index (χ1v) is 9.10. The van der Waals surface area contributed by atoms with E-state index in [9.17, 15) is 9.59 Å². The molecule has 4 heterocycles. The Kier molecular flexibility index (Phi) is 4.82. The van der Waals surface area contributed by atoms with Crippen LogP contribution in [0.1, 0.15) is 40.6 Å². The van der Waals surface area contributed by atoms with Crippen LogP contribution in [-0.4, -0.2) is 43.4 Å². The second-order valence-corrected chi connectivity index (χ2v) is 6.71. The van der Waals surface area contributed by atoms with E-state index in [0.717, 1.165) is 24.4 Å². The van der Waals surface area contributed by atoms with Gasteiger partial charge in [-0.15, -0.1) is 0 Å². The molecule has 0 saturated carbocycles. The lowest BCUT2D eigenvalue weighted by Gasteiger charge is -2.31. The van der Waals surface area contributed by atoms with Gasteiger partial charge in [0.05, 0.1) is 12.2 Å². The van der Waals surface area contributed by atoms with Crippen LogP contribution in [-0.2, 0) is 6.54 Å². The van der Waals surface area contributed by atoms with Gasteiger partial charge in [0.2, 0.25) is 0 Å². The van der Waals surface area contributed by atoms with Gasteiger partial charge in [-0.2, -0.15) is 0 Å². The molecule has 7 nitrogen and oxygen atoms in total. The molecule has 0 spiro atoms. The first kappa shape index (κ1) is 17.2. The van der Waals surface area contributed by atoms with Gasteiger partial charge < -0.3 is 14.5 Å². The third-order valence-corrected chi connectivity index (χ3v) is 5.00. The molecule has 0 radical (unpaired) electrons. The maximum Gasteiger partial charge on any atom is 0.260 e. The highest BCUT2D eigenvalue weighted by Gasteiger charge is 2.27. The van der Waals surface area contributed by atoms with Crippen LogP contribution in [0, 0.1) is 0 Å². The molecule has 0 unspecified atom stereocenters. The van der Waals surface area contributed by atoms with Gasteiger partial charge in [-0.3, -0.25) is 14.6 Å². The molecule has 0 aliphatic carbocycles. The molecule has 3 aromatic heterocycles. The van der Waals surface area contributed by atoms with Gasteiger partial charge in [-0.05, 0) is 37.1 Å². The average Bonchev–Trinajstić information content (AvgIpc) is 3.17. The quantitative estimate of drug-likeness (QED) is 0.769. The SMILES string of the molecule is O=C(c1ccc[nH]c1=O)N1CCC(c2nccn2Cc2ccccn2)CC1. The molecule has 0 aromatic carbocycles. The number of amides is 1. The van der Waals surface area contributed by atoms with E-state index in [4.69, 9.17) is 0 Å². The molecule has 1 saturated heterocycles. The van der Waals surface area contributed by atoms with Gasteiger partial charge in [0, 0.05) is 43.8 Å². The Balaban J connectivity index is 1.43. The number of nitrogens with one attached hydrogen (secondary N) is 1. The van der Waals surface area contributed by atoms with E-state index >= 15 is 0 Å². The maximum absolute atomic E-state index is 12.6. The van der Waals surface area contributed by atoms with Gasteiger partial charge in [-0.1, -0.05) is 6.07 Å². The third kappa shape index (κ3) is 3.67. The van der Waals surface area contributed by atoms with E-state index < -0.39 is 0 Å². The summed E-state index contributed by atoms with van der Waals surface area (Å²) in [5, 5.41) is 0. The second kappa shape index (κ2) is 7.57. The van der Waals surface area contributed by atoms with E-state index in [1.54, 1.807) is 23.2 Å². The lowest BCUT2D eigenvalue weighted by Crippen LogP contribution is -2.40. The number of H-pyrrole nitrogens is 1. The van der Waals surface area contributed by atoms with Crippen molar-refractivity contribution in [2.75, 3.05) is 13.1 Å². The van der Waals surface area contributed by atoms with E-state index in [-0.39, 0.29) is 17.0 Å². The van der Waals surface area contributed by atoms with E-state index in [2.05, 4.69) is 19.5 Å². The summed E-state index contributed by atoms with van der Waals surface area (Å²) in [5.74, 6) is 1.12. The molecular weight excluding hydrogens is 342 g/mol. The predicted molar refractivity (Wildman–Crippen MR) is 101 cm³/mol. The first-order valence-electron chi connectivity index (χ1n) is 9.10. The largest absolute Gasteiger partial charge is 0.338 e. The first-order chi connectivity index (χ1) is 13.2. The lowest BCUT2D eigenvalue weighted by molar-refractivity contribution is 0.0708. The Morgan fingerprint density at radius 3 is 2.70 bits per heavy atom. The molecule has 1 fully saturated rings. The number of carbonyl (C=O) groups excluding carboxylic acids is 1. The fraction of sp³-hybridized carbons (Fsp3) is 0.300. The average molecular weight is 363 g/mol. The van der Waals surface area contributed by atoms with Crippen molar-refractivity contribution in [3.8, 4) is 0 Å². The number of likely N-dealkylation sites (tertiary alicyclic amines) is 1. The highest BCUT2D eigenvalue weighted by Crippen LogP contribution is 2.27. The highest BCUT2D eigenvalue weighted by atomic mass is 16.2. The molecule has 3 aromatic rings. The van der Waals surface area contributed by atoms with Crippen LogP contribution in [0.2, 0.25) is 0 Å². The summed E-state index contributed by atoms with van der Waals surface area (Å²) in [6.45, 7) is 1.93. The molecule has 0 atom stereocenters. The van der Waals surface area contributed by atoms with E-state index in [0.29, 0.717) is 25.6 Å². The van der Waals surface area contributed by atoms with Crippen molar-refractivity contribution >= 4 is 5.91 Å². The molecule has 0 bridgehead atoms. The standard InChI is InChI=1S/C20H21N5O2/c26-19-17(5-3-9-23-19)20(27)24-11-6-15(7-12-24)18-22-10-13-25(18)14-16-4-1-2-8-21-16/h1-5,8-10,13,15H,6-7,11-12,14H2,(H,23,26). The minimum absolute atomic E-state index is 0.201. The molecule has 7 heteroatoms. The van der Waals surface area contributed by atoms with E-state index in [1.165, 1.54) is 6.20 Å². The normalized spacial score (nSPS) is 15.0. The van der Waals surface area contributed by atoms with Crippen molar-refractivity contribution in [2.45, 2.75) is 25.3 Å². The zero-order chi connectivity index (χ0) is 18.6. The number of aromatic amines is 1. The summed E-state index contributed by atoms with van der Waals surface area (Å²) in [6.07, 6.45) is 8.78. The molecular formula is C20H21N5O2. The third-order valence-electron chi connectivity index (χ3n) is 5.00. The Labute approximate surface area is 156 Å². The van der Waals surface area contributed by atoms with Crippen LogP contribution >= 0.6 is 0 Å². The molecule has 4 rings (SSSR count). The number of nitrogens with zero attached hydrogens (tertiary/aromatic N) is 4. The number of hydrogen-bond donors (Lipinski definition) is 1. The zero-order valence-electron chi connectivity index (χ0n) is 14.9. The van der Waals surface area contributed by atoms with Gasteiger partial charge in [0.25, 0.3) is 11.5 Å². The van der Waals surface area contributed by atoms with Gasteiger partial charge in [0.1, 0.15) is 11.4 Å². The van der Waals surface area contributed by atoms with Gasteiger partial charge >= 0.3 is 0 Å². The molecule has 1 amide bonds. The minimum Gasteiger partial charge on any atom is -0.338 e. The Hall–Kier alpha value is -3.22. The monoisotopic (exact) mass is 363 g/mol. The van der Waals surface area contributed by atoms with Crippen LogP contribution in [0.15, 0.2) is 59.9 Å².